The van der Waals surface area contributed by atoms with Gasteiger partial charge in [0.25, 0.3) is 0 Å². The van der Waals surface area contributed by atoms with E-state index in [1.807, 2.05) is 0 Å². The van der Waals surface area contributed by atoms with Crippen molar-refractivity contribution in [3.63, 3.8) is 0 Å². The van der Waals surface area contributed by atoms with E-state index < -0.39 is 8.80 Å². The summed E-state index contributed by atoms with van der Waals surface area (Å²) < 4.78 is 22.0. The zero-order valence-electron chi connectivity index (χ0n) is 21.9. The van der Waals surface area contributed by atoms with Gasteiger partial charge in [0.15, 0.2) is 0 Å². The Bertz CT molecular complexity index is 397. The van der Waals surface area contributed by atoms with Gasteiger partial charge in [-0.2, -0.15) is 0 Å². The first kappa shape index (κ1) is 31.5. The molecule has 192 valence electrons. The van der Waals surface area contributed by atoms with Crippen molar-refractivity contribution in [2.45, 2.75) is 110 Å². The molecule has 0 aliphatic rings. The standard InChI is InChI=1S/C25H53NO5Si/c1-6-8-10-12-14-16-20-26(21-17-15-13-11-9-7-2)25(27)19-23-31-22-18-24-32(28-3,29-4)30-5/h6-24H2,1-5H3. The van der Waals surface area contributed by atoms with Crippen LogP contribution in [0, 0.1) is 0 Å². The summed E-state index contributed by atoms with van der Waals surface area (Å²) in [6.45, 7) is 7.34. The van der Waals surface area contributed by atoms with Gasteiger partial charge in [-0.3, -0.25) is 4.79 Å². The molecule has 1 amide bonds. The molecule has 0 heterocycles. The molecule has 0 spiro atoms. The first-order chi connectivity index (χ1) is 15.6. The molecule has 0 saturated heterocycles. The van der Waals surface area contributed by atoms with Crippen LogP contribution in [0.25, 0.3) is 0 Å². The average molecular weight is 476 g/mol. The summed E-state index contributed by atoms with van der Waals surface area (Å²) in [5, 5.41) is 0. The molecule has 0 aliphatic heterocycles. The normalized spacial score (nSPS) is 11.8. The highest BCUT2D eigenvalue weighted by atomic mass is 28.4. The fourth-order valence-corrected chi connectivity index (χ4v) is 5.58. The second-order valence-electron chi connectivity index (χ2n) is 8.68. The molecule has 6 nitrogen and oxygen atoms in total. The molecular weight excluding hydrogens is 422 g/mol. The predicted molar refractivity (Wildman–Crippen MR) is 135 cm³/mol. The zero-order valence-corrected chi connectivity index (χ0v) is 22.9. The van der Waals surface area contributed by atoms with E-state index >= 15 is 0 Å². The van der Waals surface area contributed by atoms with E-state index in [9.17, 15) is 4.79 Å². The average Bonchev–Trinajstić information content (AvgIpc) is 2.82. The molecule has 0 aromatic heterocycles. The maximum absolute atomic E-state index is 12.8. The van der Waals surface area contributed by atoms with Gasteiger partial charge in [-0.15, -0.1) is 0 Å². The maximum atomic E-state index is 12.8. The maximum Gasteiger partial charge on any atom is 0.500 e. The quantitative estimate of drug-likeness (QED) is 0.123. The van der Waals surface area contributed by atoms with Crippen LogP contribution in [0.2, 0.25) is 6.04 Å². The van der Waals surface area contributed by atoms with Crippen molar-refractivity contribution in [3.8, 4) is 0 Å². The predicted octanol–water partition coefficient (Wildman–Crippen LogP) is 6.21. The number of rotatable bonds is 24. The summed E-state index contributed by atoms with van der Waals surface area (Å²) >= 11 is 0. The molecule has 32 heavy (non-hydrogen) atoms. The Hall–Kier alpha value is -0.473. The van der Waals surface area contributed by atoms with E-state index in [0.29, 0.717) is 25.7 Å². The van der Waals surface area contributed by atoms with Gasteiger partial charge in [0.1, 0.15) is 0 Å². The Labute approximate surface area is 200 Å². The zero-order chi connectivity index (χ0) is 23.9. The van der Waals surface area contributed by atoms with Crippen molar-refractivity contribution in [1.82, 2.24) is 4.90 Å². The summed E-state index contributed by atoms with van der Waals surface area (Å²) in [7, 11) is 2.35. The number of nitrogens with zero attached hydrogens (tertiary/aromatic N) is 1. The van der Waals surface area contributed by atoms with E-state index in [4.69, 9.17) is 18.0 Å². The largest absolute Gasteiger partial charge is 0.500 e. The van der Waals surface area contributed by atoms with Gasteiger partial charge in [0.05, 0.1) is 13.0 Å². The Kier molecular flexibility index (Phi) is 22.0. The van der Waals surface area contributed by atoms with Crippen LogP contribution in [0.4, 0.5) is 0 Å². The summed E-state index contributed by atoms with van der Waals surface area (Å²) in [5.74, 6) is 0.238. The third-order valence-electron chi connectivity index (χ3n) is 6.08. The molecule has 0 radical (unpaired) electrons. The molecule has 0 N–H and O–H groups in total. The summed E-state index contributed by atoms with van der Waals surface area (Å²) in [4.78, 5) is 14.9. The number of carbonyl (C=O) groups excluding carboxylic acids is 1. The van der Waals surface area contributed by atoms with Crippen molar-refractivity contribution in [2.75, 3.05) is 47.6 Å². The number of hydrogen-bond donors (Lipinski definition) is 0. The molecule has 0 rings (SSSR count). The molecule has 7 heteroatoms. The van der Waals surface area contributed by atoms with Crippen LogP contribution in [0.3, 0.4) is 0 Å². The van der Waals surface area contributed by atoms with Crippen LogP contribution in [-0.2, 0) is 22.8 Å². The van der Waals surface area contributed by atoms with Crippen molar-refractivity contribution in [1.29, 1.82) is 0 Å². The van der Waals surface area contributed by atoms with E-state index in [1.54, 1.807) is 21.3 Å². The van der Waals surface area contributed by atoms with Crippen molar-refractivity contribution in [3.05, 3.63) is 0 Å². The number of ether oxygens (including phenoxy) is 1. The summed E-state index contributed by atoms with van der Waals surface area (Å²) in [6.07, 6.45) is 16.3. The van der Waals surface area contributed by atoms with Crippen LogP contribution in [0.15, 0.2) is 0 Å². The van der Waals surface area contributed by atoms with Crippen molar-refractivity contribution >= 4 is 14.7 Å². The van der Waals surface area contributed by atoms with E-state index in [-0.39, 0.29) is 5.91 Å². The van der Waals surface area contributed by atoms with Gasteiger partial charge in [-0.05, 0) is 19.3 Å². The van der Waals surface area contributed by atoms with Crippen LogP contribution in [-0.4, -0.2) is 67.2 Å². The second-order valence-corrected chi connectivity index (χ2v) is 11.8. The van der Waals surface area contributed by atoms with E-state index in [1.165, 1.54) is 64.2 Å². The number of unbranched alkanes of at least 4 members (excludes halogenated alkanes) is 10. The fourth-order valence-electron chi connectivity index (χ4n) is 3.89. The van der Waals surface area contributed by atoms with Crippen LogP contribution >= 0.6 is 0 Å². The minimum atomic E-state index is -2.53. The van der Waals surface area contributed by atoms with Gasteiger partial charge in [0, 0.05) is 47.1 Å². The lowest BCUT2D eigenvalue weighted by atomic mass is 10.1. The summed E-state index contributed by atoms with van der Waals surface area (Å²) in [6, 6.07) is 0.715. The lowest BCUT2D eigenvalue weighted by Gasteiger charge is -2.24. The van der Waals surface area contributed by atoms with Gasteiger partial charge < -0.3 is 22.9 Å². The number of carbonyl (C=O) groups is 1. The molecule has 0 atom stereocenters. The molecule has 0 aromatic carbocycles. The van der Waals surface area contributed by atoms with Gasteiger partial charge in [-0.25, -0.2) is 0 Å². The topological polar surface area (TPSA) is 57.2 Å². The molecular formula is C25H53NO5Si. The SMILES string of the molecule is CCCCCCCCN(CCCCCCCC)C(=O)CCOCCC[Si](OC)(OC)OC. The first-order valence-electron chi connectivity index (χ1n) is 13.1. The highest BCUT2D eigenvalue weighted by Gasteiger charge is 2.36. The van der Waals surface area contributed by atoms with Crippen molar-refractivity contribution < 1.29 is 22.8 Å². The summed E-state index contributed by atoms with van der Waals surface area (Å²) in [5.41, 5.74) is 0. The minimum Gasteiger partial charge on any atom is -0.381 e. The van der Waals surface area contributed by atoms with Gasteiger partial charge in [0.2, 0.25) is 5.91 Å². The van der Waals surface area contributed by atoms with Crippen molar-refractivity contribution in [2.24, 2.45) is 0 Å². The monoisotopic (exact) mass is 475 g/mol. The molecule has 0 aliphatic carbocycles. The Morgan fingerprint density at radius 1 is 0.656 bits per heavy atom. The van der Waals surface area contributed by atoms with Crippen LogP contribution in [0.1, 0.15) is 104 Å². The van der Waals surface area contributed by atoms with E-state index in [0.717, 1.165) is 32.4 Å². The van der Waals surface area contributed by atoms with Crippen LogP contribution < -0.4 is 0 Å². The molecule has 0 unspecified atom stereocenters. The molecule has 0 bridgehead atoms. The minimum absolute atomic E-state index is 0.238. The Morgan fingerprint density at radius 3 is 1.59 bits per heavy atom. The lowest BCUT2D eigenvalue weighted by Crippen LogP contribution is -2.42. The third-order valence-corrected chi connectivity index (χ3v) is 8.91. The van der Waals surface area contributed by atoms with Crippen LogP contribution in [0.5, 0.6) is 0 Å². The molecule has 0 aromatic rings. The number of hydrogen-bond acceptors (Lipinski definition) is 5. The molecule has 0 saturated carbocycles. The van der Waals surface area contributed by atoms with Gasteiger partial charge in [-0.1, -0.05) is 78.1 Å². The smallest absolute Gasteiger partial charge is 0.381 e. The highest BCUT2D eigenvalue weighted by molar-refractivity contribution is 6.60. The Balaban J connectivity index is 4.21. The molecule has 0 fully saturated rings. The third kappa shape index (κ3) is 16.2. The fraction of sp³-hybridized carbons (Fsp3) is 0.960. The van der Waals surface area contributed by atoms with Gasteiger partial charge >= 0.3 is 8.80 Å². The highest BCUT2D eigenvalue weighted by Crippen LogP contribution is 2.15. The number of amides is 1. The second kappa shape index (κ2) is 22.3. The Morgan fingerprint density at radius 2 is 1.12 bits per heavy atom. The lowest BCUT2D eigenvalue weighted by molar-refractivity contribution is -0.132. The van der Waals surface area contributed by atoms with E-state index in [2.05, 4.69) is 18.7 Å². The first-order valence-corrected chi connectivity index (χ1v) is 15.0.